The van der Waals surface area contributed by atoms with Gasteiger partial charge in [0.15, 0.2) is 6.61 Å². The molecule has 0 radical (unpaired) electrons. The number of aryl methyl sites for hydroxylation is 1. The number of benzene rings is 1. The molecule has 0 saturated carbocycles. The van der Waals surface area contributed by atoms with E-state index in [0.29, 0.717) is 33.9 Å². The highest BCUT2D eigenvalue weighted by Gasteiger charge is 2.07. The largest absolute Gasteiger partial charge is 0.484 e. The van der Waals surface area contributed by atoms with Crippen LogP contribution in [0.1, 0.15) is 29.0 Å². The minimum absolute atomic E-state index is 0.225. The number of ether oxygens (including phenoxy) is 1. The summed E-state index contributed by atoms with van der Waals surface area (Å²) < 4.78 is 11.2. The Morgan fingerprint density at radius 3 is 2.94 bits per heavy atom. The standard InChI is InChI=1S/C12H11BrN2O3/c1-2-12-14-11(15-18-12)7-17-10-4-3-8(6-16)5-9(10)13/h3-6H,2,7H2,1H3. The lowest BCUT2D eigenvalue weighted by Crippen LogP contribution is -1.98. The molecule has 2 aromatic rings. The summed E-state index contributed by atoms with van der Waals surface area (Å²) in [5.74, 6) is 1.71. The molecule has 94 valence electrons. The molecule has 0 aliphatic heterocycles. The number of aldehydes is 1. The average molecular weight is 311 g/mol. The fourth-order valence-corrected chi connectivity index (χ4v) is 1.85. The number of carbonyl (C=O) groups excluding carboxylic acids is 1. The van der Waals surface area contributed by atoms with Gasteiger partial charge in [-0.05, 0) is 34.1 Å². The molecule has 0 saturated heterocycles. The van der Waals surface area contributed by atoms with Gasteiger partial charge in [-0.3, -0.25) is 4.79 Å². The third kappa shape index (κ3) is 2.95. The SMILES string of the molecule is CCc1nc(COc2ccc(C=O)cc2Br)no1. The molecule has 1 heterocycles. The van der Waals surface area contributed by atoms with E-state index in [2.05, 4.69) is 26.1 Å². The summed E-state index contributed by atoms with van der Waals surface area (Å²) in [6.45, 7) is 2.16. The summed E-state index contributed by atoms with van der Waals surface area (Å²) in [5, 5.41) is 3.78. The second kappa shape index (κ2) is 5.77. The molecular formula is C12H11BrN2O3. The lowest BCUT2D eigenvalue weighted by atomic mass is 10.2. The predicted octanol–water partition coefficient (Wildman–Crippen LogP) is 2.79. The Morgan fingerprint density at radius 2 is 2.33 bits per heavy atom. The molecule has 0 bridgehead atoms. The van der Waals surface area contributed by atoms with Crippen LogP contribution >= 0.6 is 15.9 Å². The van der Waals surface area contributed by atoms with Crippen molar-refractivity contribution < 1.29 is 14.1 Å². The van der Waals surface area contributed by atoms with Crippen LogP contribution in [0, 0.1) is 0 Å². The van der Waals surface area contributed by atoms with Gasteiger partial charge in [0.25, 0.3) is 0 Å². The Bertz CT molecular complexity index is 554. The molecular weight excluding hydrogens is 300 g/mol. The van der Waals surface area contributed by atoms with Crippen molar-refractivity contribution in [2.75, 3.05) is 0 Å². The summed E-state index contributed by atoms with van der Waals surface area (Å²) in [6.07, 6.45) is 1.48. The normalized spacial score (nSPS) is 10.3. The Balaban J connectivity index is 2.03. The monoisotopic (exact) mass is 310 g/mol. The zero-order valence-electron chi connectivity index (χ0n) is 9.72. The van der Waals surface area contributed by atoms with Crippen LogP contribution in [-0.2, 0) is 13.0 Å². The summed E-state index contributed by atoms with van der Waals surface area (Å²) >= 11 is 3.33. The lowest BCUT2D eigenvalue weighted by molar-refractivity contribution is 0.112. The first kappa shape index (κ1) is 12.8. The highest BCUT2D eigenvalue weighted by atomic mass is 79.9. The van der Waals surface area contributed by atoms with E-state index in [9.17, 15) is 4.79 Å². The van der Waals surface area contributed by atoms with Crippen molar-refractivity contribution in [3.8, 4) is 5.75 Å². The van der Waals surface area contributed by atoms with Gasteiger partial charge in [0.05, 0.1) is 4.47 Å². The van der Waals surface area contributed by atoms with E-state index in [1.165, 1.54) is 0 Å². The molecule has 6 heteroatoms. The molecule has 0 atom stereocenters. The van der Waals surface area contributed by atoms with E-state index < -0.39 is 0 Å². The van der Waals surface area contributed by atoms with Crippen LogP contribution in [0.3, 0.4) is 0 Å². The van der Waals surface area contributed by atoms with Gasteiger partial charge < -0.3 is 9.26 Å². The van der Waals surface area contributed by atoms with Gasteiger partial charge in [0, 0.05) is 12.0 Å². The highest BCUT2D eigenvalue weighted by Crippen LogP contribution is 2.26. The number of aromatic nitrogens is 2. The molecule has 18 heavy (non-hydrogen) atoms. The Labute approximate surface area is 112 Å². The van der Waals surface area contributed by atoms with E-state index in [4.69, 9.17) is 9.26 Å². The maximum atomic E-state index is 10.6. The molecule has 5 nitrogen and oxygen atoms in total. The van der Waals surface area contributed by atoms with Crippen LogP contribution in [0.15, 0.2) is 27.2 Å². The van der Waals surface area contributed by atoms with Gasteiger partial charge in [0.2, 0.25) is 11.7 Å². The highest BCUT2D eigenvalue weighted by molar-refractivity contribution is 9.10. The lowest BCUT2D eigenvalue weighted by Gasteiger charge is -2.05. The average Bonchev–Trinajstić information content (AvgIpc) is 2.85. The Morgan fingerprint density at radius 1 is 1.50 bits per heavy atom. The second-order valence-corrected chi connectivity index (χ2v) is 4.41. The Hall–Kier alpha value is -1.69. The first-order chi connectivity index (χ1) is 8.72. The van der Waals surface area contributed by atoms with Crippen molar-refractivity contribution in [2.45, 2.75) is 20.0 Å². The topological polar surface area (TPSA) is 65.2 Å². The summed E-state index contributed by atoms with van der Waals surface area (Å²) in [5.41, 5.74) is 0.585. The molecule has 0 fully saturated rings. The first-order valence-corrected chi connectivity index (χ1v) is 6.21. The van der Waals surface area contributed by atoms with Crippen LogP contribution in [-0.4, -0.2) is 16.4 Å². The third-order valence-corrected chi connectivity index (χ3v) is 2.88. The summed E-state index contributed by atoms with van der Waals surface area (Å²) in [7, 11) is 0. The van der Waals surface area contributed by atoms with Gasteiger partial charge >= 0.3 is 0 Å². The van der Waals surface area contributed by atoms with Gasteiger partial charge in [-0.2, -0.15) is 4.98 Å². The molecule has 0 aliphatic rings. The third-order valence-electron chi connectivity index (χ3n) is 2.26. The van der Waals surface area contributed by atoms with Gasteiger partial charge in [-0.15, -0.1) is 0 Å². The summed E-state index contributed by atoms with van der Waals surface area (Å²) in [6, 6.07) is 5.09. The number of carbonyl (C=O) groups is 1. The van der Waals surface area contributed by atoms with Crippen LogP contribution in [0.4, 0.5) is 0 Å². The molecule has 0 spiro atoms. The van der Waals surface area contributed by atoms with Gasteiger partial charge in [-0.25, -0.2) is 0 Å². The zero-order chi connectivity index (χ0) is 13.0. The molecule has 0 N–H and O–H groups in total. The minimum atomic E-state index is 0.225. The van der Waals surface area contributed by atoms with E-state index in [-0.39, 0.29) is 6.61 Å². The second-order valence-electron chi connectivity index (χ2n) is 3.55. The van der Waals surface area contributed by atoms with Crippen LogP contribution in [0.5, 0.6) is 5.75 Å². The van der Waals surface area contributed by atoms with E-state index >= 15 is 0 Å². The van der Waals surface area contributed by atoms with Crippen molar-refractivity contribution in [3.05, 3.63) is 40.0 Å². The molecule has 2 rings (SSSR count). The molecule has 0 aliphatic carbocycles. The fourth-order valence-electron chi connectivity index (χ4n) is 1.34. The van der Waals surface area contributed by atoms with Crippen molar-refractivity contribution >= 4 is 22.2 Å². The number of hydrogen-bond donors (Lipinski definition) is 0. The van der Waals surface area contributed by atoms with Gasteiger partial charge in [0.1, 0.15) is 12.0 Å². The number of nitrogens with zero attached hydrogens (tertiary/aromatic N) is 2. The number of hydrogen-bond acceptors (Lipinski definition) is 5. The first-order valence-electron chi connectivity index (χ1n) is 5.42. The van der Waals surface area contributed by atoms with Crippen LogP contribution < -0.4 is 4.74 Å². The van der Waals surface area contributed by atoms with Crippen LogP contribution in [0.25, 0.3) is 0 Å². The predicted molar refractivity (Wildman–Crippen MR) is 67.5 cm³/mol. The maximum Gasteiger partial charge on any atom is 0.226 e. The molecule has 0 unspecified atom stereocenters. The quantitative estimate of drug-likeness (QED) is 0.794. The number of rotatable bonds is 5. The van der Waals surface area contributed by atoms with E-state index in [1.54, 1.807) is 18.2 Å². The zero-order valence-corrected chi connectivity index (χ0v) is 11.3. The number of halogens is 1. The fraction of sp³-hybridized carbons (Fsp3) is 0.250. The van der Waals surface area contributed by atoms with Crippen LogP contribution in [0.2, 0.25) is 0 Å². The smallest absolute Gasteiger partial charge is 0.226 e. The van der Waals surface area contributed by atoms with Crippen molar-refractivity contribution in [1.82, 2.24) is 10.1 Å². The molecule has 1 aromatic carbocycles. The minimum Gasteiger partial charge on any atom is -0.484 e. The van der Waals surface area contributed by atoms with E-state index in [0.717, 1.165) is 6.29 Å². The van der Waals surface area contributed by atoms with E-state index in [1.807, 2.05) is 6.92 Å². The van der Waals surface area contributed by atoms with Gasteiger partial charge in [-0.1, -0.05) is 12.1 Å². The van der Waals surface area contributed by atoms with Crippen molar-refractivity contribution in [1.29, 1.82) is 0 Å². The molecule has 1 aromatic heterocycles. The van der Waals surface area contributed by atoms with Crippen molar-refractivity contribution in [2.24, 2.45) is 0 Å². The Kier molecular flexibility index (Phi) is 4.09. The maximum absolute atomic E-state index is 10.6. The van der Waals surface area contributed by atoms with Crippen molar-refractivity contribution in [3.63, 3.8) is 0 Å². The summed E-state index contributed by atoms with van der Waals surface area (Å²) in [4.78, 5) is 14.7. The molecule has 0 amide bonds.